The number of carbonyl (C=O) groups excluding carboxylic acids is 1. The van der Waals surface area contributed by atoms with Gasteiger partial charge in [0.15, 0.2) is 0 Å². The molecule has 17 heavy (non-hydrogen) atoms. The lowest BCUT2D eigenvalue weighted by Gasteiger charge is -2.13. The average molecular weight is 253 g/mol. The molecule has 0 aliphatic heterocycles. The van der Waals surface area contributed by atoms with E-state index in [1.165, 1.54) is 0 Å². The summed E-state index contributed by atoms with van der Waals surface area (Å²) in [5, 5.41) is 0.189. The number of ether oxygens (including phenoxy) is 1. The Morgan fingerprint density at radius 3 is 2.88 bits per heavy atom. The fourth-order valence-electron chi connectivity index (χ4n) is 1.47. The van der Waals surface area contributed by atoms with E-state index >= 15 is 0 Å². The van der Waals surface area contributed by atoms with Crippen molar-refractivity contribution in [3.63, 3.8) is 0 Å². The third-order valence-electron chi connectivity index (χ3n) is 2.41. The maximum Gasteiger partial charge on any atom is 0.306 e. The number of nitrogens with two attached hydrogens (primary N) is 1. The Bertz CT molecular complexity index is 393. The van der Waals surface area contributed by atoms with Crippen LogP contribution in [0.2, 0.25) is 0 Å². The normalized spacial score (nSPS) is 12.2. The van der Waals surface area contributed by atoms with Gasteiger partial charge in [-0.05, 0) is 31.5 Å². The van der Waals surface area contributed by atoms with Gasteiger partial charge in [0.25, 0.3) is 0 Å². The van der Waals surface area contributed by atoms with Crippen LogP contribution in [0.1, 0.15) is 25.8 Å². The van der Waals surface area contributed by atoms with E-state index in [2.05, 4.69) is 0 Å². The molecule has 0 bridgehead atoms. The van der Waals surface area contributed by atoms with Crippen LogP contribution in [0.15, 0.2) is 23.1 Å². The van der Waals surface area contributed by atoms with Crippen molar-refractivity contribution in [3.05, 3.63) is 23.8 Å². The van der Waals surface area contributed by atoms with Gasteiger partial charge in [-0.2, -0.15) is 0 Å². The van der Waals surface area contributed by atoms with Crippen LogP contribution in [-0.2, 0) is 9.53 Å². The largest absolute Gasteiger partial charge is 0.466 e. The zero-order chi connectivity index (χ0) is 12.8. The number of esters is 1. The molecule has 1 aromatic rings. The second kappa shape index (κ2) is 6.55. The third kappa shape index (κ3) is 4.30. The molecule has 0 heterocycles. The summed E-state index contributed by atoms with van der Waals surface area (Å²) in [7, 11) is 0. The van der Waals surface area contributed by atoms with Gasteiger partial charge in [-0.3, -0.25) is 4.79 Å². The minimum atomic E-state index is -0.144. The lowest BCUT2D eigenvalue weighted by atomic mass is 10.2. The average Bonchev–Trinajstić information content (AvgIpc) is 2.25. The topological polar surface area (TPSA) is 52.3 Å². The summed E-state index contributed by atoms with van der Waals surface area (Å²) in [6, 6.07) is 5.84. The van der Waals surface area contributed by atoms with Crippen LogP contribution in [0.3, 0.4) is 0 Å². The first-order valence-corrected chi connectivity index (χ1v) is 6.60. The van der Waals surface area contributed by atoms with E-state index in [1.54, 1.807) is 11.8 Å². The van der Waals surface area contributed by atoms with Gasteiger partial charge in [0.05, 0.1) is 13.0 Å². The highest BCUT2D eigenvalue weighted by Gasteiger charge is 2.12. The molecule has 0 fully saturated rings. The van der Waals surface area contributed by atoms with Gasteiger partial charge in [0.1, 0.15) is 0 Å². The number of benzene rings is 1. The van der Waals surface area contributed by atoms with Crippen molar-refractivity contribution >= 4 is 23.4 Å². The molecule has 0 amide bonds. The summed E-state index contributed by atoms with van der Waals surface area (Å²) in [6.07, 6.45) is 0.423. The summed E-state index contributed by atoms with van der Waals surface area (Å²) in [6.45, 7) is 6.27. The first-order chi connectivity index (χ1) is 8.04. The molecule has 0 spiro atoms. The molecule has 1 unspecified atom stereocenters. The number of carbonyl (C=O) groups is 1. The highest BCUT2D eigenvalue weighted by Crippen LogP contribution is 2.30. The van der Waals surface area contributed by atoms with Gasteiger partial charge in [-0.25, -0.2) is 0 Å². The lowest BCUT2D eigenvalue weighted by molar-refractivity contribution is -0.142. The van der Waals surface area contributed by atoms with Gasteiger partial charge in [0, 0.05) is 15.8 Å². The summed E-state index contributed by atoms with van der Waals surface area (Å²) >= 11 is 1.66. The Morgan fingerprint density at radius 1 is 1.53 bits per heavy atom. The number of hydrogen-bond acceptors (Lipinski definition) is 4. The fourth-order valence-corrected chi connectivity index (χ4v) is 2.58. The number of nitrogen functional groups attached to an aromatic ring is 1. The zero-order valence-electron chi connectivity index (χ0n) is 10.5. The van der Waals surface area contributed by atoms with Gasteiger partial charge in [-0.1, -0.05) is 13.0 Å². The molecule has 1 aromatic carbocycles. The molecule has 1 rings (SSSR count). The fraction of sp³-hybridized carbons (Fsp3) is 0.462. The van der Waals surface area contributed by atoms with Crippen LogP contribution in [0.4, 0.5) is 5.69 Å². The van der Waals surface area contributed by atoms with Crippen molar-refractivity contribution in [1.29, 1.82) is 0 Å². The molecule has 94 valence electrons. The molecule has 0 aliphatic rings. The molecule has 0 aromatic heterocycles. The van der Waals surface area contributed by atoms with Crippen LogP contribution in [0, 0.1) is 6.92 Å². The molecule has 0 saturated heterocycles. The number of hydrogen-bond donors (Lipinski definition) is 1. The zero-order valence-corrected chi connectivity index (χ0v) is 11.3. The second-order valence-corrected chi connectivity index (χ2v) is 5.39. The highest BCUT2D eigenvalue weighted by molar-refractivity contribution is 8.00. The molecule has 0 saturated carbocycles. The van der Waals surface area contributed by atoms with Crippen LogP contribution in [0.5, 0.6) is 0 Å². The van der Waals surface area contributed by atoms with Gasteiger partial charge >= 0.3 is 5.97 Å². The molecule has 3 nitrogen and oxygen atoms in total. The van der Waals surface area contributed by atoms with E-state index in [1.807, 2.05) is 39.0 Å². The van der Waals surface area contributed by atoms with E-state index in [-0.39, 0.29) is 11.2 Å². The summed E-state index contributed by atoms with van der Waals surface area (Å²) in [5.41, 5.74) is 7.71. The Labute approximate surface area is 107 Å². The molecular weight excluding hydrogens is 234 g/mol. The van der Waals surface area contributed by atoms with Crippen molar-refractivity contribution < 1.29 is 9.53 Å². The molecule has 4 heteroatoms. The summed E-state index contributed by atoms with van der Waals surface area (Å²) in [5.74, 6) is -0.144. The molecular formula is C13H19NO2S. The van der Waals surface area contributed by atoms with Crippen molar-refractivity contribution in [3.8, 4) is 0 Å². The Hall–Kier alpha value is -1.16. The standard InChI is InChI=1S/C13H19NO2S/c1-4-16-13(15)8-9(2)17-12-7-5-6-11(14)10(12)3/h5-7,9H,4,8,14H2,1-3H3. The van der Waals surface area contributed by atoms with Crippen LogP contribution < -0.4 is 5.73 Å². The van der Waals surface area contributed by atoms with Gasteiger partial charge < -0.3 is 10.5 Å². The maximum atomic E-state index is 11.3. The summed E-state index contributed by atoms with van der Waals surface area (Å²) < 4.78 is 4.93. The summed E-state index contributed by atoms with van der Waals surface area (Å²) in [4.78, 5) is 12.5. The highest BCUT2D eigenvalue weighted by atomic mass is 32.2. The van der Waals surface area contributed by atoms with Gasteiger partial charge in [0.2, 0.25) is 0 Å². The van der Waals surface area contributed by atoms with E-state index in [0.717, 1.165) is 16.1 Å². The SMILES string of the molecule is CCOC(=O)CC(C)Sc1cccc(N)c1C. The quantitative estimate of drug-likeness (QED) is 0.498. The smallest absolute Gasteiger partial charge is 0.306 e. The van der Waals surface area contributed by atoms with Crippen LogP contribution in [0.25, 0.3) is 0 Å². The van der Waals surface area contributed by atoms with E-state index in [0.29, 0.717) is 13.0 Å². The van der Waals surface area contributed by atoms with Crippen LogP contribution >= 0.6 is 11.8 Å². The molecule has 0 radical (unpaired) electrons. The Kier molecular flexibility index (Phi) is 5.35. The van der Waals surface area contributed by atoms with E-state index in [4.69, 9.17) is 10.5 Å². The molecule has 1 atom stereocenters. The molecule has 0 aliphatic carbocycles. The monoisotopic (exact) mass is 253 g/mol. The predicted octanol–water partition coefficient (Wildman–Crippen LogP) is 3.01. The van der Waals surface area contributed by atoms with Crippen molar-refractivity contribution in [1.82, 2.24) is 0 Å². The number of thioether (sulfide) groups is 1. The van der Waals surface area contributed by atoms with Gasteiger partial charge in [-0.15, -0.1) is 11.8 Å². The van der Waals surface area contributed by atoms with E-state index < -0.39 is 0 Å². The Balaban J connectivity index is 2.59. The van der Waals surface area contributed by atoms with Crippen molar-refractivity contribution in [2.45, 2.75) is 37.3 Å². The number of rotatable bonds is 5. The number of anilines is 1. The first-order valence-electron chi connectivity index (χ1n) is 5.72. The first kappa shape index (κ1) is 13.9. The predicted molar refractivity (Wildman–Crippen MR) is 72.2 cm³/mol. The maximum absolute atomic E-state index is 11.3. The van der Waals surface area contributed by atoms with E-state index in [9.17, 15) is 4.79 Å². The second-order valence-electron chi connectivity index (χ2n) is 3.91. The van der Waals surface area contributed by atoms with Crippen molar-refractivity contribution in [2.24, 2.45) is 0 Å². The minimum absolute atomic E-state index is 0.144. The van der Waals surface area contributed by atoms with Crippen molar-refractivity contribution in [2.75, 3.05) is 12.3 Å². The third-order valence-corrected chi connectivity index (χ3v) is 3.68. The lowest BCUT2D eigenvalue weighted by Crippen LogP contribution is -2.10. The minimum Gasteiger partial charge on any atom is -0.466 e. The van der Waals surface area contributed by atoms with Crippen LogP contribution in [-0.4, -0.2) is 17.8 Å². The molecule has 2 N–H and O–H groups in total. The Morgan fingerprint density at radius 2 is 2.24 bits per heavy atom.